The minimum Gasteiger partial charge on any atom is -0.362 e. The number of hydrogen-bond donors (Lipinski definition) is 1. The van der Waals surface area contributed by atoms with E-state index < -0.39 is 0 Å². The van der Waals surface area contributed by atoms with Gasteiger partial charge < -0.3 is 15.0 Å². The maximum atomic E-state index is 12.1. The number of piperidine rings is 1. The summed E-state index contributed by atoms with van der Waals surface area (Å²) in [5, 5.41) is 11.4. The second-order valence-corrected chi connectivity index (χ2v) is 6.47. The highest BCUT2D eigenvalue weighted by Crippen LogP contribution is 2.20. The van der Waals surface area contributed by atoms with Gasteiger partial charge in [-0.1, -0.05) is 13.8 Å². The van der Waals surface area contributed by atoms with Gasteiger partial charge in [-0.25, -0.2) is 0 Å². The first-order valence-electron chi connectivity index (χ1n) is 8.13. The molecule has 2 rings (SSSR count). The fourth-order valence-electron chi connectivity index (χ4n) is 3.01. The molecule has 1 fully saturated rings. The lowest BCUT2D eigenvalue weighted by atomic mass is 9.92. The Labute approximate surface area is 142 Å². The topological polar surface area (TPSA) is 82.4 Å². The highest BCUT2D eigenvalue weighted by atomic mass is 16.5. The fourth-order valence-corrected chi connectivity index (χ4v) is 3.01. The van der Waals surface area contributed by atoms with Crippen molar-refractivity contribution in [1.82, 2.24) is 4.90 Å². The zero-order valence-corrected chi connectivity index (χ0v) is 14.1. The molecule has 1 N–H and O–H groups in total. The third kappa shape index (κ3) is 5.36. The highest BCUT2D eigenvalue weighted by Gasteiger charge is 2.25. The molecule has 0 aromatic heterocycles. The van der Waals surface area contributed by atoms with Gasteiger partial charge in [0.05, 0.1) is 11.6 Å². The Morgan fingerprint density at radius 3 is 2.42 bits per heavy atom. The number of carbonyl (C=O) groups is 2. The molecule has 0 bridgehead atoms. The van der Waals surface area contributed by atoms with Crippen molar-refractivity contribution in [1.29, 1.82) is 5.26 Å². The van der Waals surface area contributed by atoms with Gasteiger partial charge in [0.2, 0.25) is 11.8 Å². The zero-order valence-electron chi connectivity index (χ0n) is 14.1. The number of ether oxygens (including phenoxy) is 1. The summed E-state index contributed by atoms with van der Waals surface area (Å²) in [5.74, 6) is 0.599. The number of nitrogens with one attached hydrogen (secondary N) is 1. The van der Waals surface area contributed by atoms with Crippen LogP contribution in [0.3, 0.4) is 0 Å². The SMILES string of the molecule is C[C@H]1C[C@H](C)CN(C(=O)COCC(=O)Nc2ccc(C#N)cc2)C1. The van der Waals surface area contributed by atoms with Gasteiger partial charge in [0.1, 0.15) is 13.2 Å². The van der Waals surface area contributed by atoms with Crippen molar-refractivity contribution < 1.29 is 14.3 Å². The normalized spacial score (nSPS) is 20.3. The van der Waals surface area contributed by atoms with Crippen molar-refractivity contribution in [2.75, 3.05) is 31.6 Å². The molecule has 1 aliphatic rings. The number of anilines is 1. The van der Waals surface area contributed by atoms with Gasteiger partial charge in [-0.3, -0.25) is 9.59 Å². The Bertz CT molecular complexity index is 611. The minimum atomic E-state index is -0.326. The summed E-state index contributed by atoms with van der Waals surface area (Å²) in [6.45, 7) is 5.53. The van der Waals surface area contributed by atoms with Gasteiger partial charge in [-0.15, -0.1) is 0 Å². The first-order valence-corrected chi connectivity index (χ1v) is 8.13. The maximum Gasteiger partial charge on any atom is 0.250 e. The number of amides is 2. The molecule has 0 radical (unpaired) electrons. The van der Waals surface area contributed by atoms with E-state index in [4.69, 9.17) is 10.00 Å². The molecule has 1 aromatic rings. The highest BCUT2D eigenvalue weighted by molar-refractivity contribution is 5.91. The van der Waals surface area contributed by atoms with E-state index in [2.05, 4.69) is 19.2 Å². The van der Waals surface area contributed by atoms with Crippen LogP contribution in [0.4, 0.5) is 5.69 Å². The quantitative estimate of drug-likeness (QED) is 0.896. The molecule has 1 saturated heterocycles. The predicted molar refractivity (Wildman–Crippen MR) is 90.1 cm³/mol. The third-order valence-electron chi connectivity index (χ3n) is 3.98. The third-order valence-corrected chi connectivity index (χ3v) is 3.98. The Morgan fingerprint density at radius 1 is 1.21 bits per heavy atom. The smallest absolute Gasteiger partial charge is 0.250 e. The van der Waals surface area contributed by atoms with Crippen LogP contribution >= 0.6 is 0 Å². The van der Waals surface area contributed by atoms with Crippen molar-refractivity contribution in [3.63, 3.8) is 0 Å². The fraction of sp³-hybridized carbons (Fsp3) is 0.500. The summed E-state index contributed by atoms with van der Waals surface area (Å²) in [6.07, 6.45) is 1.14. The van der Waals surface area contributed by atoms with Crippen LogP contribution in [0.25, 0.3) is 0 Å². The van der Waals surface area contributed by atoms with Crippen LogP contribution in [0.15, 0.2) is 24.3 Å². The molecule has 0 saturated carbocycles. The molecule has 2 atom stereocenters. The number of rotatable bonds is 5. The van der Waals surface area contributed by atoms with Crippen molar-refractivity contribution in [2.24, 2.45) is 11.8 Å². The standard InChI is InChI=1S/C18H23N3O3/c1-13-7-14(2)10-21(9-13)18(23)12-24-11-17(22)20-16-5-3-15(8-19)4-6-16/h3-6,13-14H,7,9-12H2,1-2H3,(H,20,22)/t13-,14-/m0/s1. The molecule has 1 aromatic carbocycles. The molecule has 1 aliphatic heterocycles. The number of carbonyl (C=O) groups excluding carboxylic acids is 2. The van der Waals surface area contributed by atoms with Gasteiger partial charge in [0.25, 0.3) is 0 Å². The van der Waals surface area contributed by atoms with E-state index in [1.165, 1.54) is 0 Å². The van der Waals surface area contributed by atoms with Gasteiger partial charge in [0, 0.05) is 18.8 Å². The van der Waals surface area contributed by atoms with E-state index in [0.29, 0.717) is 23.1 Å². The number of likely N-dealkylation sites (tertiary alicyclic amines) is 1. The lowest BCUT2D eigenvalue weighted by molar-refractivity contribution is -0.140. The van der Waals surface area contributed by atoms with Crippen LogP contribution in [0.1, 0.15) is 25.8 Å². The second kappa shape index (κ2) is 8.46. The van der Waals surface area contributed by atoms with Crippen molar-refractivity contribution in [3.05, 3.63) is 29.8 Å². The molecule has 6 heteroatoms. The first-order chi connectivity index (χ1) is 11.5. The van der Waals surface area contributed by atoms with Crippen molar-refractivity contribution in [2.45, 2.75) is 20.3 Å². The molecular formula is C18H23N3O3. The van der Waals surface area contributed by atoms with E-state index in [0.717, 1.165) is 19.5 Å². The average molecular weight is 329 g/mol. The van der Waals surface area contributed by atoms with E-state index >= 15 is 0 Å². The lowest BCUT2D eigenvalue weighted by Crippen LogP contribution is -2.44. The van der Waals surface area contributed by atoms with Gasteiger partial charge in [-0.05, 0) is 42.5 Å². The number of benzene rings is 1. The van der Waals surface area contributed by atoms with E-state index in [1.807, 2.05) is 11.0 Å². The first kappa shape index (κ1) is 18.0. The lowest BCUT2D eigenvalue weighted by Gasteiger charge is -2.34. The van der Waals surface area contributed by atoms with Gasteiger partial charge >= 0.3 is 0 Å². The average Bonchev–Trinajstić information content (AvgIpc) is 2.54. The summed E-state index contributed by atoms with van der Waals surface area (Å²) in [6, 6.07) is 8.56. The van der Waals surface area contributed by atoms with Gasteiger partial charge in [0.15, 0.2) is 0 Å². The van der Waals surface area contributed by atoms with E-state index in [-0.39, 0.29) is 25.0 Å². The summed E-state index contributed by atoms with van der Waals surface area (Å²) in [7, 11) is 0. The number of hydrogen-bond acceptors (Lipinski definition) is 4. The Hall–Kier alpha value is -2.39. The Kier molecular flexibility index (Phi) is 6.33. The van der Waals surface area contributed by atoms with Crippen molar-refractivity contribution in [3.8, 4) is 6.07 Å². The molecule has 0 spiro atoms. The van der Waals surface area contributed by atoms with Crippen LogP contribution < -0.4 is 5.32 Å². The summed E-state index contributed by atoms with van der Waals surface area (Å²) in [5.41, 5.74) is 1.12. The predicted octanol–water partition coefficient (Wildman–Crippen LogP) is 2.02. The molecule has 6 nitrogen and oxygen atoms in total. The summed E-state index contributed by atoms with van der Waals surface area (Å²) in [4.78, 5) is 25.8. The molecule has 1 heterocycles. The Balaban J connectivity index is 1.71. The summed E-state index contributed by atoms with van der Waals surface area (Å²) < 4.78 is 5.24. The zero-order chi connectivity index (χ0) is 17.5. The second-order valence-electron chi connectivity index (χ2n) is 6.47. The van der Waals surface area contributed by atoms with Crippen LogP contribution in [0, 0.1) is 23.2 Å². The van der Waals surface area contributed by atoms with Crippen molar-refractivity contribution >= 4 is 17.5 Å². The molecule has 128 valence electrons. The largest absolute Gasteiger partial charge is 0.362 e. The monoisotopic (exact) mass is 329 g/mol. The number of nitriles is 1. The summed E-state index contributed by atoms with van der Waals surface area (Å²) >= 11 is 0. The molecule has 0 unspecified atom stereocenters. The van der Waals surface area contributed by atoms with Crippen LogP contribution in [0.2, 0.25) is 0 Å². The maximum absolute atomic E-state index is 12.1. The van der Waals surface area contributed by atoms with Gasteiger partial charge in [-0.2, -0.15) is 5.26 Å². The molecule has 0 aliphatic carbocycles. The van der Waals surface area contributed by atoms with E-state index in [9.17, 15) is 9.59 Å². The van der Waals surface area contributed by atoms with Crippen LogP contribution in [-0.2, 0) is 14.3 Å². The van der Waals surface area contributed by atoms with E-state index in [1.54, 1.807) is 24.3 Å². The van der Waals surface area contributed by atoms with Crippen LogP contribution in [-0.4, -0.2) is 43.0 Å². The minimum absolute atomic E-state index is 0.0698. The molecule has 24 heavy (non-hydrogen) atoms. The number of nitrogens with zero attached hydrogens (tertiary/aromatic N) is 2. The molecular weight excluding hydrogens is 306 g/mol. The molecule has 2 amide bonds. The Morgan fingerprint density at radius 2 is 1.83 bits per heavy atom. The van der Waals surface area contributed by atoms with Crippen LogP contribution in [0.5, 0.6) is 0 Å².